The van der Waals surface area contributed by atoms with Gasteiger partial charge in [0, 0.05) is 10.7 Å². The maximum Gasteiger partial charge on any atom is 0.573 e. The van der Waals surface area contributed by atoms with E-state index in [1.165, 1.54) is 24.3 Å². The van der Waals surface area contributed by atoms with Crippen LogP contribution in [0.5, 0.6) is 5.75 Å². The van der Waals surface area contributed by atoms with E-state index in [-0.39, 0.29) is 5.75 Å². The Morgan fingerprint density at radius 3 is 2.25 bits per heavy atom. The van der Waals surface area contributed by atoms with Crippen molar-refractivity contribution in [1.82, 2.24) is 4.98 Å². The second-order valence-corrected chi connectivity index (χ2v) is 4.91. The lowest BCUT2D eigenvalue weighted by Gasteiger charge is -2.13. The van der Waals surface area contributed by atoms with Gasteiger partial charge in [0.15, 0.2) is 0 Å². The van der Waals surface area contributed by atoms with Gasteiger partial charge in [-0.3, -0.25) is 4.98 Å². The molecule has 0 saturated carbocycles. The van der Waals surface area contributed by atoms with Gasteiger partial charge in [0.25, 0.3) is 0 Å². The summed E-state index contributed by atoms with van der Waals surface area (Å²) in [5.41, 5.74) is 7.27. The van der Waals surface area contributed by atoms with E-state index in [0.29, 0.717) is 11.3 Å². The number of hydrogen-bond donors (Lipinski definition) is 1. The van der Waals surface area contributed by atoms with Crippen molar-refractivity contribution in [2.24, 2.45) is 5.73 Å². The summed E-state index contributed by atoms with van der Waals surface area (Å²) in [5, 5.41) is 0. The van der Waals surface area contributed by atoms with E-state index >= 15 is 0 Å². The summed E-state index contributed by atoms with van der Waals surface area (Å²) in [7, 11) is 0. The van der Waals surface area contributed by atoms with Crippen molar-refractivity contribution in [3.63, 3.8) is 0 Å². The molecular formula is C13H10BrF3N2O. The van der Waals surface area contributed by atoms with Gasteiger partial charge in [0.2, 0.25) is 0 Å². The Labute approximate surface area is 121 Å². The van der Waals surface area contributed by atoms with Gasteiger partial charge in [-0.05, 0) is 45.8 Å². The molecule has 0 aliphatic rings. The Bertz CT molecular complexity index is 570. The summed E-state index contributed by atoms with van der Waals surface area (Å²) < 4.78 is 40.7. The molecule has 2 rings (SSSR count). The fourth-order valence-electron chi connectivity index (χ4n) is 1.62. The van der Waals surface area contributed by atoms with E-state index in [4.69, 9.17) is 5.73 Å². The molecule has 20 heavy (non-hydrogen) atoms. The van der Waals surface area contributed by atoms with E-state index in [0.717, 1.165) is 4.47 Å². The van der Waals surface area contributed by atoms with Crippen LogP contribution in [0, 0.1) is 0 Å². The summed E-state index contributed by atoms with van der Waals surface area (Å²) in [6.07, 6.45) is -3.09. The largest absolute Gasteiger partial charge is 0.573 e. The molecule has 2 N–H and O–H groups in total. The fourth-order valence-corrected chi connectivity index (χ4v) is 1.85. The van der Waals surface area contributed by atoms with Gasteiger partial charge in [-0.15, -0.1) is 13.2 Å². The number of rotatable bonds is 3. The highest BCUT2D eigenvalue weighted by molar-refractivity contribution is 9.10. The molecule has 0 unspecified atom stereocenters. The number of nitrogens with zero attached hydrogens (tertiary/aromatic N) is 1. The van der Waals surface area contributed by atoms with Gasteiger partial charge >= 0.3 is 6.36 Å². The Kier molecular flexibility index (Phi) is 4.29. The van der Waals surface area contributed by atoms with Crippen molar-refractivity contribution in [2.75, 3.05) is 0 Å². The second-order valence-electron chi connectivity index (χ2n) is 4.00. The normalized spacial score (nSPS) is 13.1. The molecular weight excluding hydrogens is 337 g/mol. The van der Waals surface area contributed by atoms with Gasteiger partial charge in [0.05, 0.1) is 11.7 Å². The predicted molar refractivity (Wildman–Crippen MR) is 71.1 cm³/mol. The fraction of sp³-hybridized carbons (Fsp3) is 0.154. The zero-order valence-corrected chi connectivity index (χ0v) is 11.6. The van der Waals surface area contributed by atoms with Crippen molar-refractivity contribution in [3.05, 3.63) is 58.3 Å². The number of halogens is 4. The molecule has 0 spiro atoms. The van der Waals surface area contributed by atoms with E-state index in [9.17, 15) is 13.2 Å². The summed E-state index contributed by atoms with van der Waals surface area (Å²) in [6.45, 7) is 0. The average molecular weight is 347 g/mol. The number of alkyl halides is 3. The molecule has 0 fully saturated rings. The van der Waals surface area contributed by atoms with Crippen molar-refractivity contribution in [1.29, 1.82) is 0 Å². The maximum absolute atomic E-state index is 12.0. The average Bonchev–Trinajstić information content (AvgIpc) is 2.38. The smallest absolute Gasteiger partial charge is 0.406 e. The molecule has 1 atom stereocenters. The van der Waals surface area contributed by atoms with Gasteiger partial charge in [0.1, 0.15) is 5.75 Å². The van der Waals surface area contributed by atoms with Crippen LogP contribution >= 0.6 is 15.9 Å². The van der Waals surface area contributed by atoms with E-state index in [2.05, 4.69) is 25.7 Å². The molecule has 0 bridgehead atoms. The summed E-state index contributed by atoms with van der Waals surface area (Å²) >= 11 is 3.26. The standard InChI is InChI=1S/C13H10BrF3N2O/c14-9-3-6-11(19-7-9)12(18)8-1-4-10(5-2-8)20-13(15,16)17/h1-7,12H,18H2/t12-/m0/s1. The van der Waals surface area contributed by atoms with E-state index < -0.39 is 12.4 Å². The first kappa shape index (κ1) is 14.8. The van der Waals surface area contributed by atoms with Crippen LogP contribution in [0.2, 0.25) is 0 Å². The van der Waals surface area contributed by atoms with Crippen LogP contribution in [0.4, 0.5) is 13.2 Å². The minimum absolute atomic E-state index is 0.280. The number of benzene rings is 1. The van der Waals surface area contributed by atoms with Crippen molar-refractivity contribution >= 4 is 15.9 Å². The summed E-state index contributed by atoms with van der Waals surface area (Å²) in [4.78, 5) is 4.15. The van der Waals surface area contributed by atoms with Gasteiger partial charge in [-0.2, -0.15) is 0 Å². The molecule has 106 valence electrons. The van der Waals surface area contributed by atoms with Crippen LogP contribution in [0.25, 0.3) is 0 Å². The molecule has 0 radical (unpaired) electrons. The van der Waals surface area contributed by atoms with Gasteiger partial charge in [-0.25, -0.2) is 0 Å². The number of ether oxygens (including phenoxy) is 1. The summed E-state index contributed by atoms with van der Waals surface area (Å²) in [6, 6.07) is 8.44. The molecule has 3 nitrogen and oxygen atoms in total. The van der Waals surface area contributed by atoms with E-state index in [1.54, 1.807) is 18.3 Å². The minimum atomic E-state index is -4.70. The Balaban J connectivity index is 2.15. The monoisotopic (exact) mass is 346 g/mol. The quantitative estimate of drug-likeness (QED) is 0.919. The zero-order valence-electron chi connectivity index (χ0n) is 10.1. The highest BCUT2D eigenvalue weighted by Crippen LogP contribution is 2.25. The topological polar surface area (TPSA) is 48.1 Å². The third kappa shape index (κ3) is 3.94. The highest BCUT2D eigenvalue weighted by Gasteiger charge is 2.31. The minimum Gasteiger partial charge on any atom is -0.406 e. The molecule has 1 aromatic carbocycles. The van der Waals surface area contributed by atoms with Crippen molar-refractivity contribution < 1.29 is 17.9 Å². The van der Waals surface area contributed by atoms with Crippen LogP contribution in [-0.4, -0.2) is 11.3 Å². The van der Waals surface area contributed by atoms with E-state index in [1.807, 2.05) is 0 Å². The number of hydrogen-bond acceptors (Lipinski definition) is 3. The van der Waals surface area contributed by atoms with Gasteiger partial charge in [-0.1, -0.05) is 12.1 Å². The molecule has 1 heterocycles. The van der Waals surface area contributed by atoms with Crippen molar-refractivity contribution in [2.45, 2.75) is 12.4 Å². The molecule has 7 heteroatoms. The number of pyridine rings is 1. The molecule has 0 aliphatic heterocycles. The summed E-state index contributed by atoms with van der Waals surface area (Å²) in [5.74, 6) is -0.280. The van der Waals surface area contributed by atoms with Crippen LogP contribution in [-0.2, 0) is 0 Å². The Hall–Kier alpha value is -1.60. The Morgan fingerprint density at radius 1 is 1.10 bits per heavy atom. The number of nitrogens with two attached hydrogens (primary N) is 1. The molecule has 0 amide bonds. The second kappa shape index (κ2) is 5.80. The first-order valence-corrected chi connectivity index (χ1v) is 6.37. The lowest BCUT2D eigenvalue weighted by molar-refractivity contribution is -0.274. The first-order chi connectivity index (χ1) is 9.35. The van der Waals surface area contributed by atoms with Crippen molar-refractivity contribution in [3.8, 4) is 5.75 Å². The lowest BCUT2D eigenvalue weighted by atomic mass is 10.0. The van der Waals surface area contributed by atoms with Crippen LogP contribution in [0.1, 0.15) is 17.3 Å². The van der Waals surface area contributed by atoms with Crippen LogP contribution < -0.4 is 10.5 Å². The molecule has 2 aromatic rings. The van der Waals surface area contributed by atoms with Crippen LogP contribution in [0.15, 0.2) is 47.1 Å². The highest BCUT2D eigenvalue weighted by atomic mass is 79.9. The third-order valence-electron chi connectivity index (χ3n) is 2.54. The first-order valence-electron chi connectivity index (χ1n) is 5.58. The third-order valence-corrected chi connectivity index (χ3v) is 3.01. The zero-order chi connectivity index (χ0) is 14.8. The lowest BCUT2D eigenvalue weighted by Crippen LogP contribution is -2.17. The SMILES string of the molecule is N[C@@H](c1ccc(OC(F)(F)F)cc1)c1ccc(Br)cn1. The maximum atomic E-state index is 12.0. The molecule has 0 saturated heterocycles. The van der Waals surface area contributed by atoms with Gasteiger partial charge < -0.3 is 10.5 Å². The molecule has 1 aromatic heterocycles. The number of aromatic nitrogens is 1. The van der Waals surface area contributed by atoms with Crippen LogP contribution in [0.3, 0.4) is 0 Å². The predicted octanol–water partition coefficient (Wildman–Crippen LogP) is 3.79. The Morgan fingerprint density at radius 2 is 1.75 bits per heavy atom. The molecule has 0 aliphatic carbocycles.